The molecule has 0 aliphatic carbocycles. The molecule has 0 spiro atoms. The number of anilines is 3. The molecule has 7 heteroatoms. The molecule has 0 atom stereocenters. The van der Waals surface area contributed by atoms with E-state index >= 15 is 0 Å². The van der Waals surface area contributed by atoms with E-state index in [1.54, 1.807) is 30.3 Å². The van der Waals surface area contributed by atoms with E-state index in [0.717, 1.165) is 25.9 Å². The second-order valence-corrected chi connectivity index (χ2v) is 9.74. The molecule has 1 saturated heterocycles. The second kappa shape index (κ2) is 10.5. The van der Waals surface area contributed by atoms with Gasteiger partial charge in [-0.15, -0.1) is 0 Å². The zero-order chi connectivity index (χ0) is 24.0. The van der Waals surface area contributed by atoms with Gasteiger partial charge in [-0.1, -0.05) is 39.8 Å². The van der Waals surface area contributed by atoms with Crippen LogP contribution in [0.15, 0.2) is 48.5 Å². The molecule has 176 valence electrons. The van der Waals surface area contributed by atoms with Crippen molar-refractivity contribution in [3.63, 3.8) is 0 Å². The minimum atomic E-state index is -0.508. The zero-order valence-electron chi connectivity index (χ0n) is 19.9. The van der Waals surface area contributed by atoms with Crippen molar-refractivity contribution in [1.29, 1.82) is 0 Å². The van der Waals surface area contributed by atoms with Crippen LogP contribution in [0.25, 0.3) is 0 Å². The average molecular weight is 451 g/mol. The van der Waals surface area contributed by atoms with Gasteiger partial charge in [0.25, 0.3) is 5.91 Å². The number of nitrogens with one attached hydrogen (secondary N) is 3. The molecular formula is C26H34N4O3. The highest BCUT2D eigenvalue weighted by Gasteiger charge is 2.22. The molecule has 0 saturated carbocycles. The molecule has 2 aromatic carbocycles. The number of carbonyl (C=O) groups excluding carboxylic acids is 3. The standard InChI is InChI=1S/C26H34N4O3/c1-18-11-13-30(14-12-18)24(32)19-7-5-8-20(15-19)27-17-23(31)28-21-9-6-10-22(16-21)29-25(33)26(2,3)4/h5-10,15-16,18,27H,11-14,17H2,1-4H3,(H,28,31)(H,29,33). The van der Waals surface area contributed by atoms with E-state index in [-0.39, 0.29) is 24.3 Å². The first-order valence-electron chi connectivity index (χ1n) is 11.5. The highest BCUT2D eigenvalue weighted by molar-refractivity contribution is 5.98. The van der Waals surface area contributed by atoms with Crippen LogP contribution in [-0.4, -0.2) is 42.3 Å². The molecule has 0 radical (unpaired) electrons. The lowest BCUT2D eigenvalue weighted by molar-refractivity contribution is -0.123. The van der Waals surface area contributed by atoms with E-state index in [1.165, 1.54) is 0 Å². The predicted octanol–water partition coefficient (Wildman–Crippen LogP) is 4.59. The molecule has 1 fully saturated rings. The van der Waals surface area contributed by atoms with Crippen molar-refractivity contribution in [2.45, 2.75) is 40.5 Å². The quantitative estimate of drug-likeness (QED) is 0.600. The number of benzene rings is 2. The molecule has 3 amide bonds. The number of hydrogen-bond donors (Lipinski definition) is 3. The minimum absolute atomic E-state index is 0.0316. The summed E-state index contributed by atoms with van der Waals surface area (Å²) in [5, 5.41) is 8.77. The summed E-state index contributed by atoms with van der Waals surface area (Å²) in [7, 11) is 0. The van der Waals surface area contributed by atoms with Crippen LogP contribution in [-0.2, 0) is 9.59 Å². The third-order valence-electron chi connectivity index (χ3n) is 5.72. The predicted molar refractivity (Wildman–Crippen MR) is 132 cm³/mol. The molecule has 2 aromatic rings. The number of rotatable bonds is 6. The molecule has 1 aliphatic rings. The lowest BCUT2D eigenvalue weighted by Crippen LogP contribution is -2.37. The van der Waals surface area contributed by atoms with Crippen molar-refractivity contribution in [3.8, 4) is 0 Å². The molecule has 0 aromatic heterocycles. The van der Waals surface area contributed by atoms with Crippen LogP contribution in [0.3, 0.4) is 0 Å². The third-order valence-corrected chi connectivity index (χ3v) is 5.72. The van der Waals surface area contributed by atoms with Crippen LogP contribution in [0.4, 0.5) is 17.1 Å². The summed E-state index contributed by atoms with van der Waals surface area (Å²) in [6, 6.07) is 14.3. The van der Waals surface area contributed by atoms with Crippen LogP contribution in [0.5, 0.6) is 0 Å². The Labute approximate surface area is 195 Å². The SMILES string of the molecule is CC1CCN(C(=O)c2cccc(NCC(=O)Nc3cccc(NC(=O)C(C)(C)C)c3)c2)CC1. The smallest absolute Gasteiger partial charge is 0.253 e. The van der Waals surface area contributed by atoms with Gasteiger partial charge in [-0.05, 0) is 55.2 Å². The monoisotopic (exact) mass is 450 g/mol. The van der Waals surface area contributed by atoms with E-state index in [1.807, 2.05) is 43.9 Å². The summed E-state index contributed by atoms with van der Waals surface area (Å²) in [5.41, 5.74) is 2.05. The highest BCUT2D eigenvalue weighted by atomic mass is 16.2. The topological polar surface area (TPSA) is 90.5 Å². The van der Waals surface area contributed by atoms with Crippen molar-refractivity contribution >= 4 is 34.8 Å². The number of piperidine rings is 1. The van der Waals surface area contributed by atoms with E-state index < -0.39 is 5.41 Å². The summed E-state index contributed by atoms with van der Waals surface area (Å²) in [5.74, 6) is 0.373. The number of carbonyl (C=O) groups is 3. The molecule has 3 rings (SSSR count). The largest absolute Gasteiger partial charge is 0.376 e. The van der Waals surface area contributed by atoms with E-state index in [9.17, 15) is 14.4 Å². The van der Waals surface area contributed by atoms with Crippen LogP contribution in [0.1, 0.15) is 50.9 Å². The van der Waals surface area contributed by atoms with Gasteiger partial charge in [0.15, 0.2) is 0 Å². The molecule has 7 nitrogen and oxygen atoms in total. The zero-order valence-corrected chi connectivity index (χ0v) is 19.9. The number of likely N-dealkylation sites (tertiary alicyclic amines) is 1. The van der Waals surface area contributed by atoms with Gasteiger partial charge in [-0.3, -0.25) is 14.4 Å². The first kappa shape index (κ1) is 24.3. The number of hydrogen-bond acceptors (Lipinski definition) is 4. The van der Waals surface area contributed by atoms with Crippen molar-refractivity contribution in [2.24, 2.45) is 11.3 Å². The Balaban J connectivity index is 1.54. The van der Waals surface area contributed by atoms with Crippen molar-refractivity contribution in [1.82, 2.24) is 4.90 Å². The normalized spacial score (nSPS) is 14.5. The molecule has 3 N–H and O–H groups in total. The first-order chi connectivity index (χ1) is 15.6. The second-order valence-electron chi connectivity index (χ2n) is 9.74. The van der Waals surface area contributed by atoms with Gasteiger partial charge in [0, 0.05) is 41.1 Å². The summed E-state index contributed by atoms with van der Waals surface area (Å²) in [4.78, 5) is 39.3. The van der Waals surface area contributed by atoms with Crippen LogP contribution in [0, 0.1) is 11.3 Å². The Morgan fingerprint density at radius 2 is 1.52 bits per heavy atom. The van der Waals surface area contributed by atoms with Crippen LogP contribution >= 0.6 is 0 Å². The fraction of sp³-hybridized carbons (Fsp3) is 0.423. The summed E-state index contributed by atoms with van der Waals surface area (Å²) >= 11 is 0. The van der Waals surface area contributed by atoms with Gasteiger partial charge in [0.05, 0.1) is 6.54 Å². The number of nitrogens with zero attached hydrogens (tertiary/aromatic N) is 1. The Kier molecular flexibility index (Phi) is 7.74. The van der Waals surface area contributed by atoms with E-state index in [4.69, 9.17) is 0 Å². The third kappa shape index (κ3) is 7.07. The van der Waals surface area contributed by atoms with Crippen molar-refractivity contribution < 1.29 is 14.4 Å². The van der Waals surface area contributed by atoms with Gasteiger partial charge in [0.2, 0.25) is 11.8 Å². The Hall–Kier alpha value is -3.35. The maximum Gasteiger partial charge on any atom is 0.253 e. The molecule has 1 heterocycles. The van der Waals surface area contributed by atoms with Crippen LogP contribution in [0.2, 0.25) is 0 Å². The highest BCUT2D eigenvalue weighted by Crippen LogP contribution is 2.21. The van der Waals surface area contributed by atoms with Gasteiger partial charge < -0.3 is 20.9 Å². The van der Waals surface area contributed by atoms with E-state index in [0.29, 0.717) is 28.5 Å². The Morgan fingerprint density at radius 1 is 0.909 bits per heavy atom. The fourth-order valence-corrected chi connectivity index (χ4v) is 3.54. The summed E-state index contributed by atoms with van der Waals surface area (Å²) in [6.07, 6.45) is 2.07. The van der Waals surface area contributed by atoms with Gasteiger partial charge in [-0.2, -0.15) is 0 Å². The van der Waals surface area contributed by atoms with Gasteiger partial charge in [-0.25, -0.2) is 0 Å². The molecule has 0 bridgehead atoms. The molecular weight excluding hydrogens is 416 g/mol. The van der Waals surface area contributed by atoms with Crippen molar-refractivity contribution in [3.05, 3.63) is 54.1 Å². The number of amides is 3. The van der Waals surface area contributed by atoms with Crippen molar-refractivity contribution in [2.75, 3.05) is 35.6 Å². The summed E-state index contributed by atoms with van der Waals surface area (Å²) < 4.78 is 0. The Morgan fingerprint density at radius 3 is 2.18 bits per heavy atom. The summed E-state index contributed by atoms with van der Waals surface area (Å²) in [6.45, 7) is 9.37. The lowest BCUT2D eigenvalue weighted by atomic mass is 9.95. The molecule has 0 unspecified atom stereocenters. The lowest BCUT2D eigenvalue weighted by Gasteiger charge is -2.30. The average Bonchev–Trinajstić information content (AvgIpc) is 2.77. The first-order valence-corrected chi connectivity index (χ1v) is 11.5. The molecule has 1 aliphatic heterocycles. The van der Waals surface area contributed by atoms with Gasteiger partial charge >= 0.3 is 0 Å². The fourth-order valence-electron chi connectivity index (χ4n) is 3.54. The maximum atomic E-state index is 12.8. The van der Waals surface area contributed by atoms with Gasteiger partial charge in [0.1, 0.15) is 0 Å². The van der Waals surface area contributed by atoms with E-state index in [2.05, 4.69) is 22.9 Å². The maximum absolute atomic E-state index is 12.8. The Bertz CT molecular complexity index is 1000. The minimum Gasteiger partial charge on any atom is -0.376 e. The molecule has 33 heavy (non-hydrogen) atoms. The van der Waals surface area contributed by atoms with Crippen LogP contribution < -0.4 is 16.0 Å².